The summed E-state index contributed by atoms with van der Waals surface area (Å²) in [6.07, 6.45) is 0. The van der Waals surface area contributed by atoms with Crippen LogP contribution in [0.15, 0.2) is 48.5 Å². The predicted octanol–water partition coefficient (Wildman–Crippen LogP) is 3.19. The Labute approximate surface area is 116 Å². The minimum absolute atomic E-state index is 0.224. The van der Waals surface area contributed by atoms with Crippen molar-refractivity contribution in [2.75, 3.05) is 0 Å². The lowest BCUT2D eigenvalue weighted by atomic mass is 10.1. The van der Waals surface area contributed by atoms with E-state index in [2.05, 4.69) is 5.32 Å². The van der Waals surface area contributed by atoms with Crippen molar-refractivity contribution in [3.63, 3.8) is 0 Å². The van der Waals surface area contributed by atoms with Gasteiger partial charge in [-0.2, -0.15) is 5.26 Å². The standard InChI is InChI=1S/C16H13FN2O/c1-11(13-7-5-12(10-18)6-8-13)19-16(20)14-3-2-4-15(17)9-14/h2-9,11H,1H3,(H,19,20). The van der Waals surface area contributed by atoms with Crippen LogP contribution in [0.25, 0.3) is 0 Å². The molecule has 2 aromatic carbocycles. The molecule has 100 valence electrons. The molecule has 0 bridgehead atoms. The molecular weight excluding hydrogens is 255 g/mol. The van der Waals surface area contributed by atoms with Gasteiger partial charge < -0.3 is 5.32 Å². The summed E-state index contributed by atoms with van der Waals surface area (Å²) in [5.74, 6) is -0.773. The van der Waals surface area contributed by atoms with Crippen molar-refractivity contribution >= 4 is 5.91 Å². The third-order valence-electron chi connectivity index (χ3n) is 2.97. The van der Waals surface area contributed by atoms with Crippen molar-refractivity contribution in [2.24, 2.45) is 0 Å². The van der Waals surface area contributed by atoms with E-state index in [1.165, 1.54) is 18.2 Å². The number of nitrogens with one attached hydrogen (secondary N) is 1. The van der Waals surface area contributed by atoms with Crippen molar-refractivity contribution in [2.45, 2.75) is 13.0 Å². The first kappa shape index (κ1) is 13.8. The number of amides is 1. The molecule has 0 spiro atoms. The number of carbonyl (C=O) groups is 1. The number of rotatable bonds is 3. The van der Waals surface area contributed by atoms with E-state index in [0.29, 0.717) is 5.56 Å². The fourth-order valence-electron chi connectivity index (χ4n) is 1.84. The molecule has 0 heterocycles. The second-order valence-corrected chi connectivity index (χ2v) is 4.44. The third kappa shape index (κ3) is 3.21. The fraction of sp³-hybridized carbons (Fsp3) is 0.125. The molecule has 1 amide bonds. The van der Waals surface area contributed by atoms with Gasteiger partial charge in [0.15, 0.2) is 0 Å². The maximum Gasteiger partial charge on any atom is 0.251 e. The first-order chi connectivity index (χ1) is 9.60. The Morgan fingerprint density at radius 1 is 1.25 bits per heavy atom. The van der Waals surface area contributed by atoms with E-state index in [9.17, 15) is 9.18 Å². The molecule has 3 nitrogen and oxygen atoms in total. The van der Waals surface area contributed by atoms with E-state index in [4.69, 9.17) is 5.26 Å². The monoisotopic (exact) mass is 268 g/mol. The summed E-state index contributed by atoms with van der Waals surface area (Å²) in [6.45, 7) is 1.83. The van der Waals surface area contributed by atoms with Crippen molar-refractivity contribution in [3.8, 4) is 6.07 Å². The van der Waals surface area contributed by atoms with Crippen molar-refractivity contribution in [3.05, 3.63) is 71.0 Å². The highest BCUT2D eigenvalue weighted by Crippen LogP contribution is 2.14. The lowest BCUT2D eigenvalue weighted by molar-refractivity contribution is 0.0939. The average molecular weight is 268 g/mol. The molecule has 0 saturated heterocycles. The second kappa shape index (κ2) is 5.98. The van der Waals surface area contributed by atoms with E-state index in [-0.39, 0.29) is 17.5 Å². The first-order valence-corrected chi connectivity index (χ1v) is 6.16. The number of halogens is 1. The summed E-state index contributed by atoms with van der Waals surface area (Å²) in [7, 11) is 0. The van der Waals surface area contributed by atoms with Crippen LogP contribution in [-0.4, -0.2) is 5.91 Å². The second-order valence-electron chi connectivity index (χ2n) is 4.44. The van der Waals surface area contributed by atoms with Gasteiger partial charge in [-0.25, -0.2) is 4.39 Å². The van der Waals surface area contributed by atoms with Crippen LogP contribution < -0.4 is 5.32 Å². The van der Waals surface area contributed by atoms with E-state index < -0.39 is 5.82 Å². The molecular formula is C16H13FN2O. The molecule has 20 heavy (non-hydrogen) atoms. The SMILES string of the molecule is CC(NC(=O)c1cccc(F)c1)c1ccc(C#N)cc1. The zero-order valence-corrected chi connectivity index (χ0v) is 10.9. The molecule has 2 rings (SSSR count). The highest BCUT2D eigenvalue weighted by atomic mass is 19.1. The van der Waals surface area contributed by atoms with E-state index in [0.717, 1.165) is 5.56 Å². The first-order valence-electron chi connectivity index (χ1n) is 6.16. The van der Waals surface area contributed by atoms with Crippen molar-refractivity contribution in [1.29, 1.82) is 5.26 Å². The number of nitriles is 1. The molecule has 0 fully saturated rings. The number of carbonyl (C=O) groups excluding carboxylic acids is 1. The smallest absolute Gasteiger partial charge is 0.251 e. The summed E-state index contributed by atoms with van der Waals surface area (Å²) in [5.41, 5.74) is 1.73. The average Bonchev–Trinajstić information content (AvgIpc) is 2.47. The summed E-state index contributed by atoms with van der Waals surface area (Å²) in [5, 5.41) is 11.5. The number of hydrogen-bond acceptors (Lipinski definition) is 2. The predicted molar refractivity (Wildman–Crippen MR) is 73.4 cm³/mol. The Bertz CT molecular complexity index is 659. The third-order valence-corrected chi connectivity index (χ3v) is 2.97. The van der Waals surface area contributed by atoms with Crippen LogP contribution >= 0.6 is 0 Å². The molecule has 0 radical (unpaired) electrons. The van der Waals surface area contributed by atoms with Crippen molar-refractivity contribution < 1.29 is 9.18 Å². The zero-order chi connectivity index (χ0) is 14.5. The van der Waals surface area contributed by atoms with Gasteiger partial charge in [0.2, 0.25) is 0 Å². The molecule has 0 saturated carbocycles. The quantitative estimate of drug-likeness (QED) is 0.929. The van der Waals surface area contributed by atoms with Gasteiger partial charge in [-0.15, -0.1) is 0 Å². The Hall–Kier alpha value is -2.67. The minimum atomic E-state index is -0.441. The van der Waals surface area contributed by atoms with Gasteiger partial charge in [0.25, 0.3) is 5.91 Å². The lowest BCUT2D eigenvalue weighted by Crippen LogP contribution is -2.26. The Kier molecular flexibility index (Phi) is 4.11. The Balaban J connectivity index is 2.09. The molecule has 0 aliphatic rings. The lowest BCUT2D eigenvalue weighted by Gasteiger charge is -2.14. The van der Waals surface area contributed by atoms with Gasteiger partial charge in [0, 0.05) is 5.56 Å². The zero-order valence-electron chi connectivity index (χ0n) is 10.9. The van der Waals surface area contributed by atoms with Gasteiger partial charge >= 0.3 is 0 Å². The van der Waals surface area contributed by atoms with Crippen LogP contribution in [-0.2, 0) is 0 Å². The highest BCUT2D eigenvalue weighted by molar-refractivity contribution is 5.94. The molecule has 1 atom stereocenters. The summed E-state index contributed by atoms with van der Waals surface area (Å²) in [4.78, 5) is 12.0. The molecule has 0 aliphatic carbocycles. The highest BCUT2D eigenvalue weighted by Gasteiger charge is 2.11. The molecule has 2 aromatic rings. The fourth-order valence-corrected chi connectivity index (χ4v) is 1.84. The number of benzene rings is 2. The van der Waals surface area contributed by atoms with E-state index >= 15 is 0 Å². The van der Waals surface area contributed by atoms with Gasteiger partial charge in [0.1, 0.15) is 5.82 Å². The van der Waals surface area contributed by atoms with Crippen LogP contribution in [0.3, 0.4) is 0 Å². The van der Waals surface area contributed by atoms with Gasteiger partial charge in [-0.05, 0) is 42.8 Å². The largest absolute Gasteiger partial charge is 0.346 e. The molecule has 1 N–H and O–H groups in total. The molecule has 4 heteroatoms. The Morgan fingerprint density at radius 3 is 2.55 bits per heavy atom. The normalized spacial score (nSPS) is 11.4. The summed E-state index contributed by atoms with van der Waals surface area (Å²) >= 11 is 0. The minimum Gasteiger partial charge on any atom is -0.346 e. The van der Waals surface area contributed by atoms with Gasteiger partial charge in [0.05, 0.1) is 17.7 Å². The Morgan fingerprint density at radius 2 is 1.95 bits per heavy atom. The summed E-state index contributed by atoms with van der Waals surface area (Å²) < 4.78 is 13.1. The van der Waals surface area contributed by atoms with E-state index in [1.807, 2.05) is 13.0 Å². The maximum atomic E-state index is 13.1. The van der Waals surface area contributed by atoms with Crippen LogP contribution in [0.5, 0.6) is 0 Å². The maximum absolute atomic E-state index is 13.1. The van der Waals surface area contributed by atoms with Crippen LogP contribution in [0.4, 0.5) is 4.39 Å². The van der Waals surface area contributed by atoms with E-state index in [1.54, 1.807) is 30.3 Å². The van der Waals surface area contributed by atoms with Crippen LogP contribution in [0.2, 0.25) is 0 Å². The van der Waals surface area contributed by atoms with Gasteiger partial charge in [-0.3, -0.25) is 4.79 Å². The molecule has 1 unspecified atom stereocenters. The molecule has 0 aromatic heterocycles. The topological polar surface area (TPSA) is 52.9 Å². The van der Waals surface area contributed by atoms with Crippen LogP contribution in [0, 0.1) is 17.1 Å². The summed E-state index contributed by atoms with van der Waals surface area (Å²) in [6, 6.07) is 14.3. The van der Waals surface area contributed by atoms with Crippen LogP contribution in [0.1, 0.15) is 34.5 Å². The van der Waals surface area contributed by atoms with Crippen molar-refractivity contribution in [1.82, 2.24) is 5.32 Å². The number of nitrogens with zero attached hydrogens (tertiary/aromatic N) is 1. The van der Waals surface area contributed by atoms with Gasteiger partial charge in [-0.1, -0.05) is 18.2 Å². The number of hydrogen-bond donors (Lipinski definition) is 1. The molecule has 0 aliphatic heterocycles.